The van der Waals surface area contributed by atoms with Crippen molar-refractivity contribution in [3.8, 4) is 0 Å². The van der Waals surface area contributed by atoms with Gasteiger partial charge < -0.3 is 16.0 Å². The van der Waals surface area contributed by atoms with Crippen LogP contribution in [0.1, 0.15) is 19.2 Å². The smallest absolute Gasteiger partial charge is 0.132 e. The van der Waals surface area contributed by atoms with Crippen LogP contribution in [-0.2, 0) is 0 Å². The molecule has 1 saturated heterocycles. The van der Waals surface area contributed by atoms with Gasteiger partial charge in [-0.1, -0.05) is 0 Å². The molecule has 5 heteroatoms. The maximum atomic E-state index is 4.39. The Labute approximate surface area is 96.1 Å². The molecule has 5 nitrogen and oxygen atoms in total. The van der Waals surface area contributed by atoms with Crippen LogP contribution < -0.4 is 16.0 Å². The SMILES string of the molecule is CCNc1cc(NC2CCNC2)nc(C)n1. The van der Waals surface area contributed by atoms with Crippen LogP contribution in [-0.4, -0.2) is 35.6 Å². The number of nitrogens with one attached hydrogen (secondary N) is 3. The van der Waals surface area contributed by atoms with E-state index in [1.807, 2.05) is 13.0 Å². The first kappa shape index (κ1) is 11.1. The van der Waals surface area contributed by atoms with E-state index in [-0.39, 0.29) is 0 Å². The Morgan fingerprint density at radius 3 is 2.94 bits per heavy atom. The van der Waals surface area contributed by atoms with Gasteiger partial charge >= 0.3 is 0 Å². The Bertz CT molecular complexity index is 346. The molecule has 0 amide bonds. The Morgan fingerprint density at radius 2 is 2.25 bits per heavy atom. The van der Waals surface area contributed by atoms with E-state index >= 15 is 0 Å². The molecule has 0 saturated carbocycles. The molecule has 0 radical (unpaired) electrons. The summed E-state index contributed by atoms with van der Waals surface area (Å²) in [6.45, 7) is 6.95. The van der Waals surface area contributed by atoms with Crippen molar-refractivity contribution in [1.82, 2.24) is 15.3 Å². The minimum absolute atomic E-state index is 0.490. The van der Waals surface area contributed by atoms with Crippen LogP contribution >= 0.6 is 0 Å². The van der Waals surface area contributed by atoms with Gasteiger partial charge in [0.05, 0.1) is 0 Å². The Morgan fingerprint density at radius 1 is 1.44 bits per heavy atom. The second-order valence-corrected chi connectivity index (χ2v) is 4.05. The molecule has 16 heavy (non-hydrogen) atoms. The highest BCUT2D eigenvalue weighted by Crippen LogP contribution is 2.13. The monoisotopic (exact) mass is 221 g/mol. The molecule has 2 rings (SSSR count). The standard InChI is InChI=1S/C11H19N5/c1-3-13-10-6-11(15-8(2)14-10)16-9-4-5-12-7-9/h6,9,12H,3-5,7H2,1-2H3,(H2,13,14,15,16). The van der Waals surface area contributed by atoms with E-state index in [4.69, 9.17) is 0 Å². The molecular formula is C11H19N5. The number of aromatic nitrogens is 2. The zero-order valence-electron chi connectivity index (χ0n) is 9.88. The average molecular weight is 221 g/mol. The third-order valence-electron chi connectivity index (χ3n) is 2.61. The highest BCUT2D eigenvalue weighted by atomic mass is 15.1. The van der Waals surface area contributed by atoms with Crippen molar-refractivity contribution < 1.29 is 0 Å². The molecule has 0 aromatic carbocycles. The molecule has 1 atom stereocenters. The molecular weight excluding hydrogens is 202 g/mol. The van der Waals surface area contributed by atoms with Gasteiger partial charge in [-0.3, -0.25) is 0 Å². The van der Waals surface area contributed by atoms with E-state index in [9.17, 15) is 0 Å². The molecule has 0 spiro atoms. The number of hydrogen-bond acceptors (Lipinski definition) is 5. The second-order valence-electron chi connectivity index (χ2n) is 4.05. The Balaban J connectivity index is 2.06. The fourth-order valence-electron chi connectivity index (χ4n) is 1.90. The molecule has 0 aliphatic carbocycles. The van der Waals surface area contributed by atoms with Gasteiger partial charge in [-0.15, -0.1) is 0 Å². The summed E-state index contributed by atoms with van der Waals surface area (Å²) >= 11 is 0. The molecule has 1 unspecified atom stereocenters. The van der Waals surface area contributed by atoms with Crippen molar-refractivity contribution in [2.45, 2.75) is 26.3 Å². The predicted octanol–water partition coefficient (Wildman–Crippen LogP) is 0.991. The maximum Gasteiger partial charge on any atom is 0.132 e. The zero-order chi connectivity index (χ0) is 11.4. The summed E-state index contributed by atoms with van der Waals surface area (Å²) in [6.07, 6.45) is 1.15. The number of aryl methyl sites for hydroxylation is 1. The van der Waals surface area contributed by atoms with E-state index in [1.54, 1.807) is 0 Å². The third kappa shape index (κ3) is 2.82. The highest BCUT2D eigenvalue weighted by Gasteiger charge is 2.14. The summed E-state index contributed by atoms with van der Waals surface area (Å²) in [5.41, 5.74) is 0. The van der Waals surface area contributed by atoms with Crippen molar-refractivity contribution in [2.24, 2.45) is 0 Å². The van der Waals surface area contributed by atoms with Gasteiger partial charge in [-0.05, 0) is 26.8 Å². The quantitative estimate of drug-likeness (QED) is 0.708. The predicted molar refractivity (Wildman–Crippen MR) is 65.8 cm³/mol. The van der Waals surface area contributed by atoms with Gasteiger partial charge in [0.15, 0.2) is 0 Å². The van der Waals surface area contributed by atoms with Gasteiger partial charge in [0.25, 0.3) is 0 Å². The first-order chi connectivity index (χ1) is 7.78. The first-order valence-corrected chi connectivity index (χ1v) is 5.84. The summed E-state index contributed by atoms with van der Waals surface area (Å²) in [5, 5.41) is 9.96. The second kappa shape index (κ2) is 5.12. The first-order valence-electron chi connectivity index (χ1n) is 5.84. The molecule has 88 valence electrons. The van der Waals surface area contributed by atoms with E-state index in [0.717, 1.165) is 43.5 Å². The van der Waals surface area contributed by atoms with Gasteiger partial charge in [0.1, 0.15) is 17.5 Å². The lowest BCUT2D eigenvalue weighted by Crippen LogP contribution is -2.23. The largest absolute Gasteiger partial charge is 0.370 e. The number of rotatable bonds is 4. The van der Waals surface area contributed by atoms with Crippen LogP contribution in [0, 0.1) is 6.92 Å². The van der Waals surface area contributed by atoms with Gasteiger partial charge in [0.2, 0.25) is 0 Å². The summed E-state index contributed by atoms with van der Waals surface area (Å²) in [6, 6.07) is 2.46. The van der Waals surface area contributed by atoms with E-state index in [2.05, 4.69) is 32.8 Å². The topological polar surface area (TPSA) is 61.9 Å². The zero-order valence-corrected chi connectivity index (χ0v) is 9.88. The lowest BCUT2D eigenvalue weighted by molar-refractivity contribution is 0.785. The summed E-state index contributed by atoms with van der Waals surface area (Å²) in [4.78, 5) is 8.71. The van der Waals surface area contributed by atoms with Crippen LogP contribution in [0.4, 0.5) is 11.6 Å². The normalized spacial score (nSPS) is 19.8. The van der Waals surface area contributed by atoms with E-state index < -0.39 is 0 Å². The highest BCUT2D eigenvalue weighted by molar-refractivity contribution is 5.48. The summed E-state index contributed by atoms with van der Waals surface area (Å²) in [7, 11) is 0. The molecule has 1 aromatic heterocycles. The fourth-order valence-corrected chi connectivity index (χ4v) is 1.90. The molecule has 2 heterocycles. The molecule has 1 aliphatic heterocycles. The lowest BCUT2D eigenvalue weighted by Gasteiger charge is -2.13. The van der Waals surface area contributed by atoms with Gasteiger partial charge in [-0.2, -0.15) is 0 Å². The number of nitrogens with zero attached hydrogens (tertiary/aromatic N) is 2. The Kier molecular flexibility index (Phi) is 3.56. The number of anilines is 2. The van der Waals surface area contributed by atoms with Crippen molar-refractivity contribution in [3.05, 3.63) is 11.9 Å². The molecule has 3 N–H and O–H groups in total. The fraction of sp³-hybridized carbons (Fsp3) is 0.636. The summed E-state index contributed by atoms with van der Waals surface area (Å²) < 4.78 is 0. The van der Waals surface area contributed by atoms with Crippen molar-refractivity contribution in [3.63, 3.8) is 0 Å². The van der Waals surface area contributed by atoms with Crippen LogP contribution in [0.2, 0.25) is 0 Å². The van der Waals surface area contributed by atoms with Crippen LogP contribution in [0.25, 0.3) is 0 Å². The molecule has 1 aliphatic rings. The van der Waals surface area contributed by atoms with E-state index in [1.165, 1.54) is 0 Å². The van der Waals surface area contributed by atoms with Crippen LogP contribution in [0.5, 0.6) is 0 Å². The Hall–Kier alpha value is -1.36. The third-order valence-corrected chi connectivity index (χ3v) is 2.61. The van der Waals surface area contributed by atoms with Crippen molar-refractivity contribution >= 4 is 11.6 Å². The number of hydrogen-bond donors (Lipinski definition) is 3. The van der Waals surface area contributed by atoms with Gasteiger partial charge in [-0.25, -0.2) is 9.97 Å². The minimum Gasteiger partial charge on any atom is -0.370 e. The van der Waals surface area contributed by atoms with Crippen molar-refractivity contribution in [1.29, 1.82) is 0 Å². The van der Waals surface area contributed by atoms with E-state index in [0.29, 0.717) is 6.04 Å². The minimum atomic E-state index is 0.490. The molecule has 1 aromatic rings. The summed E-state index contributed by atoms with van der Waals surface area (Å²) in [5.74, 6) is 2.60. The average Bonchev–Trinajstić information content (AvgIpc) is 2.70. The van der Waals surface area contributed by atoms with Gasteiger partial charge in [0, 0.05) is 25.2 Å². The van der Waals surface area contributed by atoms with Crippen molar-refractivity contribution in [2.75, 3.05) is 30.3 Å². The molecule has 0 bridgehead atoms. The lowest BCUT2D eigenvalue weighted by atomic mass is 10.2. The molecule has 1 fully saturated rings. The van der Waals surface area contributed by atoms with Crippen LogP contribution in [0.15, 0.2) is 6.07 Å². The van der Waals surface area contributed by atoms with Crippen LogP contribution in [0.3, 0.4) is 0 Å². The maximum absolute atomic E-state index is 4.39.